The zero-order valence-electron chi connectivity index (χ0n) is 8.16. The molecule has 4 heteroatoms. The van der Waals surface area contributed by atoms with Crippen molar-refractivity contribution in [1.82, 2.24) is 4.98 Å². The topological polar surface area (TPSA) is 39.2 Å². The normalized spacial score (nSPS) is 12.5. The lowest BCUT2D eigenvalue weighted by Crippen LogP contribution is -2.21. The molecule has 0 saturated carbocycles. The largest absolute Gasteiger partial charge is 0.374 e. The summed E-state index contributed by atoms with van der Waals surface area (Å²) < 4.78 is 4.92. The predicted octanol–water partition coefficient (Wildman–Crippen LogP) is 1.88. The van der Waals surface area contributed by atoms with Crippen LogP contribution in [0.15, 0.2) is 18.5 Å². The maximum absolute atomic E-state index is 11.5. The van der Waals surface area contributed by atoms with E-state index in [-0.39, 0.29) is 18.3 Å². The van der Waals surface area contributed by atoms with Gasteiger partial charge in [0, 0.05) is 25.9 Å². The van der Waals surface area contributed by atoms with Crippen LogP contribution in [0.1, 0.15) is 12.5 Å². The number of halogens is 1. The Balaban J connectivity index is 2.70. The number of aromatic nitrogens is 1. The van der Waals surface area contributed by atoms with Gasteiger partial charge in [0.2, 0.25) is 0 Å². The fourth-order valence-corrected chi connectivity index (χ4v) is 1.20. The van der Waals surface area contributed by atoms with Crippen molar-refractivity contribution in [3.05, 3.63) is 29.0 Å². The van der Waals surface area contributed by atoms with Crippen molar-refractivity contribution in [1.29, 1.82) is 0 Å². The van der Waals surface area contributed by atoms with Gasteiger partial charge in [-0.2, -0.15) is 0 Å². The molecule has 0 aliphatic rings. The summed E-state index contributed by atoms with van der Waals surface area (Å²) in [6.07, 6.45) is 3.04. The Morgan fingerprint density at radius 1 is 1.71 bits per heavy atom. The molecule has 0 aliphatic carbocycles. The van der Waals surface area contributed by atoms with Gasteiger partial charge in [-0.1, -0.05) is 11.6 Å². The van der Waals surface area contributed by atoms with Gasteiger partial charge in [0.15, 0.2) is 5.78 Å². The van der Waals surface area contributed by atoms with Crippen molar-refractivity contribution in [2.75, 3.05) is 7.11 Å². The summed E-state index contributed by atoms with van der Waals surface area (Å²) in [4.78, 5) is 15.3. The van der Waals surface area contributed by atoms with Crippen LogP contribution < -0.4 is 0 Å². The fraction of sp³-hybridized carbons (Fsp3) is 0.400. The van der Waals surface area contributed by atoms with Gasteiger partial charge < -0.3 is 4.74 Å². The molecule has 0 amide bonds. The number of methoxy groups -OCH3 is 1. The van der Waals surface area contributed by atoms with Crippen LogP contribution in [0, 0.1) is 0 Å². The van der Waals surface area contributed by atoms with Crippen LogP contribution in [-0.4, -0.2) is 24.0 Å². The molecule has 3 nitrogen and oxygen atoms in total. The Morgan fingerprint density at radius 3 is 3.00 bits per heavy atom. The van der Waals surface area contributed by atoms with E-state index in [1.165, 1.54) is 13.3 Å². The van der Waals surface area contributed by atoms with E-state index in [0.717, 1.165) is 5.56 Å². The molecule has 0 aromatic carbocycles. The van der Waals surface area contributed by atoms with Gasteiger partial charge >= 0.3 is 0 Å². The summed E-state index contributed by atoms with van der Waals surface area (Å²) in [6, 6.07) is 1.74. The highest BCUT2D eigenvalue weighted by molar-refractivity contribution is 6.31. The Bertz CT molecular complexity index is 328. The van der Waals surface area contributed by atoms with Crippen LogP contribution >= 0.6 is 11.6 Å². The third kappa shape index (κ3) is 2.79. The first-order valence-corrected chi connectivity index (χ1v) is 4.67. The van der Waals surface area contributed by atoms with Gasteiger partial charge in [0.1, 0.15) is 6.10 Å². The number of nitrogens with zero attached hydrogens (tertiary/aromatic N) is 1. The van der Waals surface area contributed by atoms with Crippen LogP contribution in [0.25, 0.3) is 0 Å². The third-order valence-electron chi connectivity index (χ3n) is 2.03. The second-order valence-electron chi connectivity index (χ2n) is 2.99. The zero-order chi connectivity index (χ0) is 10.6. The third-order valence-corrected chi connectivity index (χ3v) is 2.37. The van der Waals surface area contributed by atoms with E-state index >= 15 is 0 Å². The number of pyridine rings is 1. The van der Waals surface area contributed by atoms with E-state index in [9.17, 15) is 4.79 Å². The molecule has 0 bridgehead atoms. The average molecular weight is 214 g/mol. The van der Waals surface area contributed by atoms with Crippen molar-refractivity contribution >= 4 is 17.4 Å². The molecule has 14 heavy (non-hydrogen) atoms. The highest BCUT2D eigenvalue weighted by Crippen LogP contribution is 2.14. The predicted molar refractivity (Wildman–Crippen MR) is 54.4 cm³/mol. The SMILES string of the molecule is COC(C)C(=O)Cc1ccncc1Cl. The van der Waals surface area contributed by atoms with Crippen molar-refractivity contribution in [2.24, 2.45) is 0 Å². The number of rotatable bonds is 4. The quantitative estimate of drug-likeness (QED) is 0.767. The maximum Gasteiger partial charge on any atom is 0.165 e. The minimum absolute atomic E-state index is 0.0144. The average Bonchev–Trinajstić information content (AvgIpc) is 2.20. The molecular weight excluding hydrogens is 202 g/mol. The first-order valence-electron chi connectivity index (χ1n) is 4.29. The molecule has 0 aliphatic heterocycles. The van der Waals surface area contributed by atoms with E-state index in [4.69, 9.17) is 16.3 Å². The van der Waals surface area contributed by atoms with Crippen molar-refractivity contribution in [2.45, 2.75) is 19.4 Å². The number of hydrogen-bond donors (Lipinski definition) is 0. The Hall–Kier alpha value is -0.930. The van der Waals surface area contributed by atoms with Gasteiger partial charge in [-0.3, -0.25) is 9.78 Å². The summed E-state index contributed by atoms with van der Waals surface area (Å²) in [5.74, 6) is 0.0144. The smallest absolute Gasteiger partial charge is 0.165 e. The second-order valence-corrected chi connectivity index (χ2v) is 3.40. The summed E-state index contributed by atoms with van der Waals surface area (Å²) >= 11 is 5.86. The first kappa shape index (κ1) is 11.1. The lowest BCUT2D eigenvalue weighted by molar-refractivity contribution is -0.127. The monoisotopic (exact) mass is 213 g/mol. The molecule has 0 N–H and O–H groups in total. The number of hydrogen-bond acceptors (Lipinski definition) is 3. The van der Waals surface area contributed by atoms with Gasteiger partial charge in [-0.05, 0) is 18.6 Å². The molecule has 1 aromatic heterocycles. The highest BCUT2D eigenvalue weighted by atomic mass is 35.5. The van der Waals surface area contributed by atoms with Gasteiger partial charge in [0.25, 0.3) is 0 Å². The maximum atomic E-state index is 11.5. The minimum Gasteiger partial charge on any atom is -0.374 e. The van der Waals surface area contributed by atoms with Crippen molar-refractivity contribution in [3.8, 4) is 0 Å². The zero-order valence-corrected chi connectivity index (χ0v) is 8.91. The molecule has 0 saturated heterocycles. The van der Waals surface area contributed by atoms with Gasteiger partial charge in [0.05, 0.1) is 5.02 Å². The Kier molecular flexibility index (Phi) is 4.04. The van der Waals surface area contributed by atoms with Crippen LogP contribution in [0.2, 0.25) is 5.02 Å². The Morgan fingerprint density at radius 2 is 2.43 bits per heavy atom. The molecule has 1 heterocycles. The summed E-state index contributed by atoms with van der Waals surface area (Å²) in [7, 11) is 1.51. The van der Waals surface area contributed by atoms with Gasteiger partial charge in [-0.15, -0.1) is 0 Å². The molecule has 76 valence electrons. The molecule has 1 atom stereocenters. The molecule has 0 spiro atoms. The van der Waals surface area contributed by atoms with Crippen LogP contribution in [0.3, 0.4) is 0 Å². The molecular formula is C10H12ClNO2. The van der Waals surface area contributed by atoms with E-state index in [1.54, 1.807) is 19.2 Å². The Labute approximate surface area is 88.1 Å². The summed E-state index contributed by atoms with van der Waals surface area (Å²) in [6.45, 7) is 1.72. The van der Waals surface area contributed by atoms with E-state index in [1.807, 2.05) is 0 Å². The number of ketones is 1. The highest BCUT2D eigenvalue weighted by Gasteiger charge is 2.13. The minimum atomic E-state index is -0.390. The fourth-order valence-electron chi connectivity index (χ4n) is 1.01. The van der Waals surface area contributed by atoms with Crippen LogP contribution in [0.5, 0.6) is 0 Å². The van der Waals surface area contributed by atoms with Crippen molar-refractivity contribution in [3.63, 3.8) is 0 Å². The molecule has 1 rings (SSSR count). The summed E-state index contributed by atoms with van der Waals surface area (Å²) in [5, 5.41) is 0.518. The molecule has 1 unspecified atom stereocenters. The lowest BCUT2D eigenvalue weighted by Gasteiger charge is -2.08. The second kappa shape index (κ2) is 5.08. The van der Waals surface area contributed by atoms with Crippen LogP contribution in [0.4, 0.5) is 0 Å². The van der Waals surface area contributed by atoms with E-state index < -0.39 is 0 Å². The molecule has 0 fully saturated rings. The molecule has 1 aromatic rings. The molecule has 0 radical (unpaired) electrons. The van der Waals surface area contributed by atoms with E-state index in [2.05, 4.69) is 4.98 Å². The number of ether oxygens (including phenoxy) is 1. The number of carbonyl (C=O) groups excluding carboxylic acids is 1. The summed E-state index contributed by atoms with van der Waals surface area (Å²) in [5.41, 5.74) is 0.788. The van der Waals surface area contributed by atoms with Gasteiger partial charge in [-0.25, -0.2) is 0 Å². The number of carbonyl (C=O) groups is 1. The van der Waals surface area contributed by atoms with E-state index in [0.29, 0.717) is 5.02 Å². The van der Waals surface area contributed by atoms with Crippen LogP contribution in [-0.2, 0) is 16.0 Å². The lowest BCUT2D eigenvalue weighted by atomic mass is 10.1. The number of Topliss-reactive ketones (excluding diaryl/α,β-unsaturated/α-hetero) is 1. The standard InChI is InChI=1S/C10H12ClNO2/c1-7(14-2)10(13)5-8-3-4-12-6-9(8)11/h3-4,6-7H,5H2,1-2H3. The van der Waals surface area contributed by atoms with Crippen molar-refractivity contribution < 1.29 is 9.53 Å². The first-order chi connectivity index (χ1) is 6.65.